The lowest BCUT2D eigenvalue weighted by Crippen LogP contribution is -2.28. The molecule has 4 unspecified atom stereocenters. The van der Waals surface area contributed by atoms with Crippen molar-refractivity contribution >= 4 is 11.9 Å². The topological polar surface area (TPSA) is 52.6 Å². The summed E-state index contributed by atoms with van der Waals surface area (Å²) < 4.78 is 10.6. The van der Waals surface area contributed by atoms with Gasteiger partial charge in [0.05, 0.1) is 12.2 Å². The molecule has 0 N–H and O–H groups in total. The van der Waals surface area contributed by atoms with Crippen LogP contribution >= 0.6 is 0 Å². The lowest BCUT2D eigenvalue weighted by molar-refractivity contribution is -0.173. The van der Waals surface area contributed by atoms with E-state index in [1.165, 1.54) is 11.1 Å². The molecule has 0 saturated carbocycles. The number of hydrogen-bond acceptors (Lipinski definition) is 4. The fourth-order valence-electron chi connectivity index (χ4n) is 3.22. The van der Waals surface area contributed by atoms with Gasteiger partial charge >= 0.3 is 11.9 Å². The number of hydrogen-bond donors (Lipinski definition) is 0. The minimum Gasteiger partial charge on any atom is -0.454 e. The van der Waals surface area contributed by atoms with Crippen LogP contribution in [0.2, 0.25) is 0 Å². The van der Waals surface area contributed by atoms with E-state index in [2.05, 4.69) is 53.7 Å². The van der Waals surface area contributed by atoms with Crippen LogP contribution in [0, 0.1) is 11.8 Å². The van der Waals surface area contributed by atoms with Gasteiger partial charge in [0.25, 0.3) is 0 Å². The van der Waals surface area contributed by atoms with Gasteiger partial charge in [-0.25, -0.2) is 9.59 Å². The Kier molecular flexibility index (Phi) is 15.3. The third-order valence-corrected chi connectivity index (χ3v) is 5.34. The van der Waals surface area contributed by atoms with Crippen molar-refractivity contribution in [2.24, 2.45) is 11.8 Å². The third-order valence-electron chi connectivity index (χ3n) is 5.34. The smallest absolute Gasteiger partial charge is 0.417 e. The van der Waals surface area contributed by atoms with Gasteiger partial charge in [0, 0.05) is 0 Å². The van der Waals surface area contributed by atoms with Gasteiger partial charge in [-0.05, 0) is 105 Å². The summed E-state index contributed by atoms with van der Waals surface area (Å²) in [5, 5.41) is 0. The Labute approximate surface area is 185 Å². The molecule has 0 aliphatic rings. The average Bonchev–Trinajstić information content (AvgIpc) is 2.64. The van der Waals surface area contributed by atoms with Crippen LogP contribution in [-0.2, 0) is 19.1 Å². The van der Waals surface area contributed by atoms with Crippen molar-refractivity contribution < 1.29 is 19.1 Å². The zero-order valence-electron chi connectivity index (χ0n) is 20.8. The first-order valence-corrected chi connectivity index (χ1v) is 11.7. The van der Waals surface area contributed by atoms with Gasteiger partial charge in [0.2, 0.25) is 0 Å². The largest absolute Gasteiger partial charge is 0.454 e. The van der Waals surface area contributed by atoms with Crippen molar-refractivity contribution in [2.45, 2.75) is 119 Å². The maximum Gasteiger partial charge on any atom is 0.417 e. The Morgan fingerprint density at radius 1 is 0.600 bits per heavy atom. The quantitative estimate of drug-likeness (QED) is 0.169. The number of allylic oxidation sites excluding steroid dienone is 4. The fourth-order valence-corrected chi connectivity index (χ4v) is 3.22. The Hall–Kier alpha value is -1.58. The molecule has 0 spiro atoms. The molecule has 4 heteroatoms. The van der Waals surface area contributed by atoms with Gasteiger partial charge in [0.1, 0.15) is 0 Å². The van der Waals surface area contributed by atoms with Crippen molar-refractivity contribution in [3.8, 4) is 0 Å². The molecule has 0 aliphatic heterocycles. The zero-order chi connectivity index (χ0) is 23.1. The van der Waals surface area contributed by atoms with E-state index < -0.39 is 11.9 Å². The summed E-state index contributed by atoms with van der Waals surface area (Å²) in [6.45, 7) is 16.5. The lowest BCUT2D eigenvalue weighted by atomic mass is 9.97. The van der Waals surface area contributed by atoms with Crippen LogP contribution < -0.4 is 0 Å². The summed E-state index contributed by atoms with van der Waals surface area (Å²) in [4.78, 5) is 24.0. The molecule has 0 aromatic heterocycles. The summed E-state index contributed by atoms with van der Waals surface area (Å²) >= 11 is 0. The van der Waals surface area contributed by atoms with Crippen molar-refractivity contribution in [2.75, 3.05) is 0 Å². The molecule has 0 bridgehead atoms. The number of carbonyl (C=O) groups is 2. The van der Waals surface area contributed by atoms with E-state index in [-0.39, 0.29) is 12.2 Å². The van der Waals surface area contributed by atoms with Gasteiger partial charge in [0.15, 0.2) is 0 Å². The Morgan fingerprint density at radius 2 is 0.933 bits per heavy atom. The molecule has 0 saturated heterocycles. The van der Waals surface area contributed by atoms with Gasteiger partial charge in [-0.15, -0.1) is 0 Å². The van der Waals surface area contributed by atoms with E-state index in [0.29, 0.717) is 11.8 Å². The van der Waals surface area contributed by atoms with Crippen molar-refractivity contribution in [1.82, 2.24) is 0 Å². The average molecular weight is 423 g/mol. The Balaban J connectivity index is 4.09. The highest BCUT2D eigenvalue weighted by Crippen LogP contribution is 2.18. The van der Waals surface area contributed by atoms with Crippen LogP contribution in [0.3, 0.4) is 0 Å². The van der Waals surface area contributed by atoms with Crippen LogP contribution in [-0.4, -0.2) is 24.1 Å². The maximum absolute atomic E-state index is 12.0. The Bertz CT molecular complexity index is 503. The molecule has 4 atom stereocenters. The molecule has 0 amide bonds. The Morgan fingerprint density at radius 3 is 1.23 bits per heavy atom. The van der Waals surface area contributed by atoms with Crippen LogP contribution in [0.15, 0.2) is 23.3 Å². The minimum absolute atomic E-state index is 0.277. The second-order valence-electron chi connectivity index (χ2n) is 9.51. The highest BCUT2D eigenvalue weighted by atomic mass is 16.6. The highest BCUT2D eigenvalue weighted by molar-refractivity contribution is 6.29. The van der Waals surface area contributed by atoms with Crippen molar-refractivity contribution in [3.63, 3.8) is 0 Å². The van der Waals surface area contributed by atoms with Gasteiger partial charge < -0.3 is 9.47 Å². The fraction of sp³-hybridized carbons (Fsp3) is 0.769. The molecular formula is C26H46O4. The van der Waals surface area contributed by atoms with Crippen LogP contribution in [0.25, 0.3) is 0 Å². The SMILES string of the molecule is CC(C)=CCCC(C)CCC(C)OC(=O)C(=O)OC(C)CCC(C)CCC=C(C)C. The summed E-state index contributed by atoms with van der Waals surface area (Å²) in [7, 11) is 0. The molecule has 4 nitrogen and oxygen atoms in total. The van der Waals surface area contributed by atoms with Crippen molar-refractivity contribution in [1.29, 1.82) is 0 Å². The molecular weight excluding hydrogens is 376 g/mol. The number of rotatable bonds is 14. The molecule has 30 heavy (non-hydrogen) atoms. The summed E-state index contributed by atoms with van der Waals surface area (Å²) in [6, 6.07) is 0. The molecule has 0 rings (SSSR count). The van der Waals surface area contributed by atoms with Gasteiger partial charge in [-0.1, -0.05) is 37.1 Å². The summed E-state index contributed by atoms with van der Waals surface area (Å²) in [5.41, 5.74) is 2.69. The molecule has 0 radical (unpaired) electrons. The molecule has 0 fully saturated rings. The van der Waals surface area contributed by atoms with Crippen molar-refractivity contribution in [3.05, 3.63) is 23.3 Å². The molecule has 0 aromatic carbocycles. The molecule has 0 aliphatic carbocycles. The van der Waals surface area contributed by atoms with Gasteiger partial charge in [-0.2, -0.15) is 0 Å². The van der Waals surface area contributed by atoms with Gasteiger partial charge in [-0.3, -0.25) is 0 Å². The van der Waals surface area contributed by atoms with E-state index in [0.717, 1.165) is 51.4 Å². The van der Waals surface area contributed by atoms with E-state index in [1.54, 1.807) is 0 Å². The summed E-state index contributed by atoms with van der Waals surface area (Å²) in [6.07, 6.45) is 11.8. The first-order valence-electron chi connectivity index (χ1n) is 11.7. The second kappa shape index (κ2) is 16.2. The van der Waals surface area contributed by atoms with Crippen LogP contribution in [0.4, 0.5) is 0 Å². The van der Waals surface area contributed by atoms with Crippen LogP contribution in [0.5, 0.6) is 0 Å². The first kappa shape index (κ1) is 28.4. The lowest BCUT2D eigenvalue weighted by Gasteiger charge is -2.18. The zero-order valence-corrected chi connectivity index (χ0v) is 20.8. The predicted molar refractivity (Wildman–Crippen MR) is 125 cm³/mol. The minimum atomic E-state index is -0.872. The molecule has 0 heterocycles. The van der Waals surface area contributed by atoms with E-state index in [9.17, 15) is 9.59 Å². The maximum atomic E-state index is 12.0. The van der Waals surface area contributed by atoms with E-state index in [4.69, 9.17) is 9.47 Å². The first-order chi connectivity index (χ1) is 14.0. The number of ether oxygens (including phenoxy) is 2. The number of carbonyl (C=O) groups excluding carboxylic acids is 2. The predicted octanol–water partition coefficient (Wildman–Crippen LogP) is 7.18. The summed E-state index contributed by atoms with van der Waals surface area (Å²) in [5.74, 6) is -0.619. The van der Waals surface area contributed by atoms with Crippen LogP contribution in [0.1, 0.15) is 107 Å². The number of esters is 2. The monoisotopic (exact) mass is 422 g/mol. The van der Waals surface area contributed by atoms with E-state index >= 15 is 0 Å². The standard InChI is InChI=1S/C26H46O4/c1-19(2)11-9-13-21(5)15-17-23(7)29-25(27)26(28)30-24(8)18-16-22(6)14-10-12-20(3)4/h11-12,21-24H,9-10,13-18H2,1-8H3. The normalized spacial score (nSPS) is 14.8. The highest BCUT2D eigenvalue weighted by Gasteiger charge is 2.23. The third kappa shape index (κ3) is 16.2. The molecule has 0 aromatic rings. The van der Waals surface area contributed by atoms with E-state index in [1.807, 2.05) is 13.8 Å². The molecule has 174 valence electrons. The second-order valence-corrected chi connectivity index (χ2v) is 9.51.